The number of carbonyl (C=O) groups excluding carboxylic acids is 1. The minimum Gasteiger partial charge on any atom is -0.309 e. The van der Waals surface area contributed by atoms with Crippen LogP contribution in [0.4, 0.5) is 5.13 Å². The molecule has 2 rings (SSSR count). The third kappa shape index (κ3) is 5.86. The average Bonchev–Trinajstić information content (AvgIpc) is 3.00. The van der Waals surface area contributed by atoms with E-state index in [1.165, 1.54) is 18.2 Å². The van der Waals surface area contributed by atoms with Crippen molar-refractivity contribution in [3.63, 3.8) is 0 Å². The lowest BCUT2D eigenvalue weighted by molar-refractivity contribution is 0.102. The van der Waals surface area contributed by atoms with Crippen LogP contribution in [0.15, 0.2) is 22.5 Å². The molecule has 8 nitrogen and oxygen atoms in total. The van der Waals surface area contributed by atoms with E-state index in [1.54, 1.807) is 0 Å². The number of carbonyl (C=O) groups is 1. The Kier molecular flexibility index (Phi) is 7.33. The fourth-order valence-corrected chi connectivity index (χ4v) is 4.37. The number of halogens is 2. The molecule has 0 bridgehead atoms. The molecule has 26 heavy (non-hydrogen) atoms. The molecule has 2 aromatic rings. The van der Waals surface area contributed by atoms with Crippen LogP contribution in [0.1, 0.15) is 16.8 Å². The van der Waals surface area contributed by atoms with Gasteiger partial charge >= 0.3 is 0 Å². The van der Waals surface area contributed by atoms with E-state index in [-0.39, 0.29) is 26.6 Å². The standard InChI is InChI=1S/C14H17Cl2N5O3S2/c1-21(2)7-3-6-17-26(23,24)14-20-19-13(25-14)18-12(22)10-5-4-9(15)8-11(10)16/h4-5,8,17H,3,6-7H2,1-2H3,(H,18,19,22). The lowest BCUT2D eigenvalue weighted by atomic mass is 10.2. The molecular formula is C14H17Cl2N5O3S2. The maximum atomic E-state index is 12.2. The number of anilines is 1. The molecule has 0 aliphatic rings. The van der Waals surface area contributed by atoms with Gasteiger partial charge in [0.2, 0.25) is 9.47 Å². The summed E-state index contributed by atoms with van der Waals surface area (Å²) in [6.07, 6.45) is 0.656. The molecule has 1 aromatic heterocycles. The van der Waals surface area contributed by atoms with Crippen molar-refractivity contribution in [1.29, 1.82) is 0 Å². The van der Waals surface area contributed by atoms with Crippen LogP contribution in [-0.4, -0.2) is 56.6 Å². The highest BCUT2D eigenvalue weighted by molar-refractivity contribution is 7.91. The summed E-state index contributed by atoms with van der Waals surface area (Å²) < 4.78 is 26.6. The summed E-state index contributed by atoms with van der Waals surface area (Å²) in [5.74, 6) is -0.536. The number of nitrogens with zero attached hydrogens (tertiary/aromatic N) is 3. The molecule has 142 valence electrons. The Balaban J connectivity index is 2.01. The van der Waals surface area contributed by atoms with Crippen molar-refractivity contribution in [3.8, 4) is 0 Å². The number of hydrogen-bond donors (Lipinski definition) is 2. The molecule has 0 aliphatic heterocycles. The predicted molar refractivity (Wildman–Crippen MR) is 103 cm³/mol. The van der Waals surface area contributed by atoms with E-state index >= 15 is 0 Å². The molecule has 2 N–H and O–H groups in total. The summed E-state index contributed by atoms with van der Waals surface area (Å²) in [5.41, 5.74) is 0.192. The Bertz CT molecular complexity index is 886. The van der Waals surface area contributed by atoms with Gasteiger partial charge in [-0.25, -0.2) is 13.1 Å². The van der Waals surface area contributed by atoms with Crippen molar-refractivity contribution in [2.45, 2.75) is 10.8 Å². The molecule has 0 unspecified atom stereocenters. The number of sulfonamides is 1. The molecule has 0 saturated heterocycles. The van der Waals surface area contributed by atoms with E-state index < -0.39 is 15.9 Å². The zero-order valence-electron chi connectivity index (χ0n) is 14.0. The van der Waals surface area contributed by atoms with Crippen LogP contribution in [0.25, 0.3) is 0 Å². The normalized spacial score (nSPS) is 11.7. The molecule has 1 heterocycles. The summed E-state index contributed by atoms with van der Waals surface area (Å²) in [7, 11) is 0.0378. The molecule has 1 aromatic carbocycles. The van der Waals surface area contributed by atoms with E-state index in [9.17, 15) is 13.2 Å². The summed E-state index contributed by atoms with van der Waals surface area (Å²) >= 11 is 12.5. The Hall–Kier alpha value is -1.30. The Morgan fingerprint density at radius 3 is 2.65 bits per heavy atom. The molecule has 0 saturated carbocycles. The maximum absolute atomic E-state index is 12.2. The topological polar surface area (TPSA) is 104 Å². The molecule has 0 spiro atoms. The Labute approximate surface area is 165 Å². The third-order valence-electron chi connectivity index (χ3n) is 3.11. The van der Waals surface area contributed by atoms with E-state index in [4.69, 9.17) is 23.2 Å². The summed E-state index contributed by atoms with van der Waals surface area (Å²) in [6, 6.07) is 4.42. The van der Waals surface area contributed by atoms with E-state index in [0.717, 1.165) is 17.9 Å². The van der Waals surface area contributed by atoms with Crippen LogP contribution >= 0.6 is 34.5 Å². The van der Waals surface area contributed by atoms with Crippen molar-refractivity contribution in [1.82, 2.24) is 19.8 Å². The van der Waals surface area contributed by atoms with Crippen molar-refractivity contribution in [2.24, 2.45) is 0 Å². The smallest absolute Gasteiger partial charge is 0.269 e. The van der Waals surface area contributed by atoms with Crippen LogP contribution < -0.4 is 10.0 Å². The molecule has 0 radical (unpaired) electrons. The highest BCUT2D eigenvalue weighted by Gasteiger charge is 2.21. The molecule has 0 aliphatic carbocycles. The van der Waals surface area contributed by atoms with E-state index in [0.29, 0.717) is 11.4 Å². The zero-order valence-corrected chi connectivity index (χ0v) is 17.1. The fraction of sp³-hybridized carbons (Fsp3) is 0.357. The zero-order chi connectivity index (χ0) is 19.3. The maximum Gasteiger partial charge on any atom is 0.269 e. The highest BCUT2D eigenvalue weighted by Crippen LogP contribution is 2.24. The minimum atomic E-state index is -3.77. The van der Waals surface area contributed by atoms with Crippen LogP contribution in [0.3, 0.4) is 0 Å². The molecule has 0 fully saturated rings. The van der Waals surface area contributed by atoms with Gasteiger partial charge in [0, 0.05) is 11.6 Å². The number of aromatic nitrogens is 2. The number of hydrogen-bond acceptors (Lipinski definition) is 7. The first kappa shape index (κ1) is 21.0. The lowest BCUT2D eigenvalue weighted by Crippen LogP contribution is -2.27. The second-order valence-corrected chi connectivity index (χ2v) is 9.27. The van der Waals surface area contributed by atoms with Crippen molar-refractivity contribution < 1.29 is 13.2 Å². The SMILES string of the molecule is CN(C)CCCNS(=O)(=O)c1nnc(NC(=O)c2ccc(Cl)cc2Cl)s1. The second-order valence-electron chi connectivity index (χ2n) is 5.51. The second kappa shape index (κ2) is 9.07. The number of rotatable bonds is 8. The van der Waals surface area contributed by atoms with E-state index in [1.807, 2.05) is 19.0 Å². The minimum absolute atomic E-state index is 0.0506. The van der Waals surface area contributed by atoms with Crippen molar-refractivity contribution in [3.05, 3.63) is 33.8 Å². The Morgan fingerprint density at radius 2 is 2.00 bits per heavy atom. The summed E-state index contributed by atoms with van der Waals surface area (Å²) in [4.78, 5) is 14.2. The van der Waals surface area contributed by atoms with Gasteiger partial charge in [-0.15, -0.1) is 10.2 Å². The molecule has 12 heteroatoms. The fourth-order valence-electron chi connectivity index (χ4n) is 1.87. The highest BCUT2D eigenvalue weighted by atomic mass is 35.5. The van der Waals surface area contributed by atoms with Crippen LogP contribution in [0.5, 0.6) is 0 Å². The van der Waals surface area contributed by atoms with Gasteiger partial charge in [0.05, 0.1) is 10.6 Å². The number of benzene rings is 1. The van der Waals surface area contributed by atoms with Crippen molar-refractivity contribution >= 4 is 55.6 Å². The first-order chi connectivity index (χ1) is 12.2. The summed E-state index contributed by atoms with van der Waals surface area (Å²) in [5, 5.41) is 10.4. The first-order valence-electron chi connectivity index (χ1n) is 7.43. The predicted octanol–water partition coefficient (Wildman–Crippen LogP) is 2.33. The monoisotopic (exact) mass is 437 g/mol. The Morgan fingerprint density at radius 1 is 1.27 bits per heavy atom. The quantitative estimate of drug-likeness (QED) is 0.484. The lowest BCUT2D eigenvalue weighted by Gasteiger charge is -2.09. The van der Waals surface area contributed by atoms with Gasteiger partial charge in [0.25, 0.3) is 15.9 Å². The van der Waals surface area contributed by atoms with Crippen LogP contribution in [0, 0.1) is 0 Å². The van der Waals surface area contributed by atoms with Gasteiger partial charge < -0.3 is 4.90 Å². The molecular weight excluding hydrogens is 421 g/mol. The molecule has 1 amide bonds. The van der Waals surface area contributed by atoms with Gasteiger partial charge in [0.15, 0.2) is 0 Å². The summed E-state index contributed by atoms with van der Waals surface area (Å²) in [6.45, 7) is 1.03. The average molecular weight is 438 g/mol. The number of amides is 1. The van der Waals surface area contributed by atoms with Gasteiger partial charge in [-0.1, -0.05) is 34.5 Å². The van der Waals surface area contributed by atoms with Gasteiger partial charge in [-0.2, -0.15) is 0 Å². The van der Waals surface area contributed by atoms with Crippen molar-refractivity contribution in [2.75, 3.05) is 32.5 Å². The van der Waals surface area contributed by atoms with Gasteiger partial charge in [-0.3, -0.25) is 10.1 Å². The first-order valence-corrected chi connectivity index (χ1v) is 10.5. The van der Waals surface area contributed by atoms with Gasteiger partial charge in [-0.05, 0) is 45.3 Å². The van der Waals surface area contributed by atoms with Crippen LogP contribution in [-0.2, 0) is 10.0 Å². The van der Waals surface area contributed by atoms with E-state index in [2.05, 4.69) is 20.2 Å². The largest absolute Gasteiger partial charge is 0.309 e. The number of nitrogens with one attached hydrogen (secondary N) is 2. The van der Waals surface area contributed by atoms with Crippen LogP contribution in [0.2, 0.25) is 10.0 Å². The third-order valence-corrected chi connectivity index (χ3v) is 6.32. The molecule has 0 atom stereocenters. The van der Waals surface area contributed by atoms with Gasteiger partial charge in [0.1, 0.15) is 0 Å².